The molecule has 0 bridgehead atoms. The normalized spacial score (nSPS) is 17.4. The van der Waals surface area contributed by atoms with Gasteiger partial charge in [-0.3, -0.25) is 9.36 Å². The number of aromatic nitrogens is 5. The van der Waals surface area contributed by atoms with Crippen molar-refractivity contribution in [3.05, 3.63) is 138 Å². The van der Waals surface area contributed by atoms with Crippen LogP contribution in [0.5, 0.6) is 5.75 Å². The molecule has 0 radical (unpaired) electrons. The van der Waals surface area contributed by atoms with Crippen LogP contribution < -0.4 is 35.0 Å². The molecule has 7 rings (SSSR count). The highest BCUT2D eigenvalue weighted by Crippen LogP contribution is 2.45. The number of carbonyl (C=O) groups excluding carboxylic acids is 1. The van der Waals surface area contributed by atoms with E-state index in [4.69, 9.17) is 18.4 Å². The summed E-state index contributed by atoms with van der Waals surface area (Å²) in [5.41, 5.74) is 1.34. The molecule has 0 saturated carbocycles. The topological polar surface area (TPSA) is 181 Å². The van der Waals surface area contributed by atoms with Crippen LogP contribution in [0.3, 0.4) is 0 Å². The van der Waals surface area contributed by atoms with Gasteiger partial charge in [0.25, 0.3) is 14.2 Å². The van der Waals surface area contributed by atoms with Gasteiger partial charge < -0.3 is 43.3 Å². The molecule has 1 unspecified atom stereocenters. The Morgan fingerprint density at radius 2 is 1.55 bits per heavy atom. The van der Waals surface area contributed by atoms with Crippen LogP contribution in [0.25, 0.3) is 11.2 Å². The highest BCUT2D eigenvalue weighted by atomic mass is 31.2. The predicted molar refractivity (Wildman–Crippen MR) is 247 cm³/mol. The minimum absolute atomic E-state index is 0.0373. The van der Waals surface area contributed by atoms with Crippen molar-refractivity contribution in [3.8, 4) is 5.75 Å². The fourth-order valence-corrected chi connectivity index (χ4v) is 13.8. The number of pyridine rings is 1. The number of ether oxygens (including phenoxy) is 2. The maximum Gasteiger partial charge on any atom is 0.261 e. The Morgan fingerprint density at radius 3 is 2.11 bits per heavy atom. The first-order valence-corrected chi connectivity index (χ1v) is 25.4. The molecule has 1 fully saturated rings. The Morgan fingerprint density at radius 1 is 0.938 bits per heavy atom. The SMILES string of the molecule is CC[NH+](CC)CC.COc1cc[n+]([O-])c(COP(=O)([O-])CC[C@H]2O[C@@H](n3cnc4c(NC(=O)c5ccccc5)ncnc43)C[C@@H]2O[Si](c2ccccc2)(c2ccccc2)C(C)(C)C)c1. The molecule has 2 N–H and O–H groups in total. The van der Waals surface area contributed by atoms with Gasteiger partial charge >= 0.3 is 0 Å². The summed E-state index contributed by atoms with van der Waals surface area (Å²) in [5.74, 6) is 0.294. The van der Waals surface area contributed by atoms with Crippen LogP contribution in [0.4, 0.5) is 5.82 Å². The lowest BCUT2D eigenvalue weighted by molar-refractivity contribution is -0.894. The highest BCUT2D eigenvalue weighted by Gasteiger charge is 2.54. The quantitative estimate of drug-likeness (QED) is 0.0542. The van der Waals surface area contributed by atoms with Crippen LogP contribution in [0.15, 0.2) is 122 Å². The largest absolute Gasteiger partial charge is 0.778 e. The number of quaternary nitrogens is 1. The van der Waals surface area contributed by atoms with Crippen LogP contribution in [0, 0.1) is 5.21 Å². The minimum atomic E-state index is -4.49. The molecule has 4 atom stereocenters. The molecular formula is C47H60N7O8PSi. The zero-order valence-electron chi connectivity index (χ0n) is 37.7. The van der Waals surface area contributed by atoms with E-state index in [1.807, 2.05) is 42.5 Å². The summed E-state index contributed by atoms with van der Waals surface area (Å²) in [6.07, 6.45) is 2.20. The molecule has 64 heavy (non-hydrogen) atoms. The number of nitrogens with one attached hydrogen (secondary N) is 2. The fraction of sp³-hybridized carbons (Fsp3) is 0.383. The second-order valence-electron chi connectivity index (χ2n) is 16.6. The minimum Gasteiger partial charge on any atom is -0.778 e. The first-order valence-electron chi connectivity index (χ1n) is 21.8. The fourth-order valence-electron chi connectivity index (χ4n) is 8.10. The maximum atomic E-state index is 13.4. The van der Waals surface area contributed by atoms with Gasteiger partial charge in [0, 0.05) is 24.2 Å². The van der Waals surface area contributed by atoms with E-state index in [9.17, 15) is 19.5 Å². The standard InChI is InChI=1S/C41H45N6O8PSi.C6H15N/c1-41(2,3)57(32-16-10-6-11-17-32,33-18-12-7-13-19-33)55-35-25-36(54-34(35)21-23-56(50,51)53-26-30-24-31(52-4)20-22-47(30)49)46-28-44-37-38(42-27-43-39(37)46)45-40(48)29-14-8-5-9-15-29;1-4-7(5-2)6-3/h5-20,22,24,27-28,34-36H,21,23,25-26H2,1-4H3,(H,50,51)(H,42,43,45,48);4-6H2,1-3H3/t34-,35+,36-;/m1./s1. The third-order valence-electron chi connectivity index (χ3n) is 11.7. The number of hydrogen-bond donors (Lipinski definition) is 2. The lowest BCUT2D eigenvalue weighted by Gasteiger charge is -2.45. The number of imidazole rings is 1. The van der Waals surface area contributed by atoms with E-state index in [1.54, 1.807) is 40.1 Å². The van der Waals surface area contributed by atoms with E-state index in [1.165, 1.54) is 51.4 Å². The highest BCUT2D eigenvalue weighted by molar-refractivity contribution is 7.51. The molecule has 0 aliphatic carbocycles. The molecule has 1 aliphatic rings. The van der Waals surface area contributed by atoms with E-state index in [0.29, 0.717) is 33.6 Å². The Labute approximate surface area is 376 Å². The Hall–Kier alpha value is -5.32. The van der Waals surface area contributed by atoms with Crippen LogP contribution in [0.2, 0.25) is 5.04 Å². The van der Waals surface area contributed by atoms with Crippen LogP contribution in [-0.2, 0) is 24.9 Å². The van der Waals surface area contributed by atoms with Crippen LogP contribution in [-0.4, -0.2) is 78.9 Å². The van der Waals surface area contributed by atoms with Gasteiger partial charge in [-0.25, -0.2) is 15.0 Å². The molecule has 340 valence electrons. The summed E-state index contributed by atoms with van der Waals surface area (Å²) in [5, 5.41) is 17.0. The summed E-state index contributed by atoms with van der Waals surface area (Å²) in [7, 11) is -6.18. The lowest BCUT2D eigenvalue weighted by Crippen LogP contribution is -3.11. The van der Waals surface area contributed by atoms with Crippen molar-refractivity contribution in [2.75, 3.05) is 38.2 Å². The van der Waals surface area contributed by atoms with E-state index >= 15 is 0 Å². The number of methoxy groups -OCH3 is 1. The summed E-state index contributed by atoms with van der Waals surface area (Å²) >= 11 is 0. The molecule has 3 aromatic carbocycles. The summed E-state index contributed by atoms with van der Waals surface area (Å²) in [4.78, 5) is 41.6. The van der Waals surface area contributed by atoms with E-state index in [2.05, 4.69) is 86.1 Å². The summed E-state index contributed by atoms with van der Waals surface area (Å²) < 4.78 is 40.6. The Kier molecular flexibility index (Phi) is 16.2. The first-order chi connectivity index (χ1) is 30.7. The van der Waals surface area contributed by atoms with Crippen molar-refractivity contribution in [2.24, 2.45) is 0 Å². The smallest absolute Gasteiger partial charge is 0.261 e. The molecule has 1 amide bonds. The van der Waals surface area contributed by atoms with Gasteiger partial charge in [-0.15, -0.1) is 0 Å². The third kappa shape index (κ3) is 11.3. The number of hydrogen-bond acceptors (Lipinski definition) is 11. The van der Waals surface area contributed by atoms with E-state index in [0.717, 1.165) is 10.4 Å². The number of nitrogens with zero attached hydrogens (tertiary/aromatic N) is 5. The number of amides is 1. The molecule has 15 nitrogen and oxygen atoms in total. The number of anilines is 1. The van der Waals surface area contributed by atoms with Gasteiger partial charge in [-0.2, -0.15) is 4.73 Å². The first kappa shape index (κ1) is 48.1. The molecule has 6 aromatic rings. The zero-order chi connectivity index (χ0) is 45.9. The Balaban J connectivity index is 0.000000898. The van der Waals surface area contributed by atoms with Crippen molar-refractivity contribution in [1.82, 2.24) is 19.5 Å². The van der Waals surface area contributed by atoms with Crippen molar-refractivity contribution < 1.29 is 42.3 Å². The van der Waals surface area contributed by atoms with Gasteiger partial charge in [0.05, 0.1) is 51.3 Å². The molecule has 3 aromatic heterocycles. The Bertz CT molecular complexity index is 2430. The molecule has 1 aliphatic heterocycles. The molecule has 0 spiro atoms. The molecule has 4 heterocycles. The number of rotatable bonds is 17. The maximum absolute atomic E-state index is 13.4. The molecular weight excluding hydrogens is 850 g/mol. The van der Waals surface area contributed by atoms with Crippen molar-refractivity contribution in [1.29, 1.82) is 0 Å². The van der Waals surface area contributed by atoms with E-state index < -0.39 is 41.0 Å². The number of fused-ring (bicyclic) bond motifs is 1. The third-order valence-corrected chi connectivity index (χ3v) is 18.1. The second kappa shape index (κ2) is 21.6. The average Bonchev–Trinajstić information content (AvgIpc) is 3.93. The van der Waals surface area contributed by atoms with Gasteiger partial charge in [-0.05, 0) is 54.7 Å². The van der Waals surface area contributed by atoms with Crippen LogP contribution >= 0.6 is 7.60 Å². The van der Waals surface area contributed by atoms with Crippen LogP contribution in [0.1, 0.15) is 76.7 Å². The van der Waals surface area contributed by atoms with Crippen molar-refractivity contribution >= 4 is 49.2 Å². The number of benzene rings is 3. The van der Waals surface area contributed by atoms with Crippen molar-refractivity contribution in [3.63, 3.8) is 0 Å². The van der Waals surface area contributed by atoms with Gasteiger partial charge in [-0.1, -0.05) is 99.6 Å². The van der Waals surface area contributed by atoms with Gasteiger partial charge in [0.1, 0.15) is 32.5 Å². The lowest BCUT2D eigenvalue weighted by atomic mass is 10.1. The predicted octanol–water partition coefficient (Wildman–Crippen LogP) is 5.04. The average molecular weight is 910 g/mol. The summed E-state index contributed by atoms with van der Waals surface area (Å²) in [6.45, 7) is 16.6. The second-order valence-corrected chi connectivity index (χ2v) is 22.8. The number of carbonyl (C=O) groups is 1. The molecule has 17 heteroatoms. The van der Waals surface area contributed by atoms with Gasteiger partial charge in [0.15, 0.2) is 23.2 Å². The van der Waals surface area contributed by atoms with Gasteiger partial charge in [0.2, 0.25) is 5.69 Å². The molecule has 1 saturated heterocycles. The van der Waals surface area contributed by atoms with E-state index in [-0.39, 0.29) is 35.0 Å². The monoisotopic (exact) mass is 909 g/mol. The van der Waals surface area contributed by atoms with Crippen molar-refractivity contribution in [2.45, 2.75) is 84.5 Å². The zero-order valence-corrected chi connectivity index (χ0v) is 39.6. The summed E-state index contributed by atoms with van der Waals surface area (Å²) in [6, 6.07) is 32.1.